The van der Waals surface area contributed by atoms with Crippen LogP contribution in [-0.2, 0) is 30.9 Å². The van der Waals surface area contributed by atoms with Crippen molar-refractivity contribution in [1.29, 1.82) is 0 Å². The minimum atomic E-state index is -5.08. The minimum absolute atomic E-state index is 0.0548. The van der Waals surface area contributed by atoms with Gasteiger partial charge in [0.15, 0.2) is 0 Å². The van der Waals surface area contributed by atoms with Crippen molar-refractivity contribution in [2.75, 3.05) is 13.2 Å². The number of nitrogens with two attached hydrogens (primary N) is 2. The normalized spacial score (nSPS) is 11.9. The second-order valence-electron chi connectivity index (χ2n) is 7.58. The van der Waals surface area contributed by atoms with Crippen LogP contribution in [0.4, 0.5) is 13.2 Å². The number of alkyl halides is 3. The van der Waals surface area contributed by atoms with Crippen molar-refractivity contribution in [2.24, 2.45) is 16.6 Å². The number of carbonyl (C=O) groups is 2. The van der Waals surface area contributed by atoms with Crippen LogP contribution < -0.4 is 20.9 Å². The Bertz CT molecular complexity index is 1250. The summed E-state index contributed by atoms with van der Waals surface area (Å²) in [7, 11) is -4.09. The molecule has 0 radical (unpaired) electrons. The van der Waals surface area contributed by atoms with E-state index in [0.29, 0.717) is 29.9 Å². The Kier molecular flexibility index (Phi) is 12.8. The topological polar surface area (TPSA) is 204 Å². The van der Waals surface area contributed by atoms with Gasteiger partial charge in [0, 0.05) is 11.4 Å². The molecule has 216 valence electrons. The molecule has 0 amide bonds. The molecule has 0 saturated carbocycles. The number of ether oxygens (including phenoxy) is 1. The van der Waals surface area contributed by atoms with Gasteiger partial charge in [-0.15, -0.1) is 0 Å². The van der Waals surface area contributed by atoms with E-state index in [4.69, 9.17) is 42.5 Å². The number of aliphatic carboxylic acids is 2. The summed E-state index contributed by atoms with van der Waals surface area (Å²) in [4.78, 5) is 25.4. The van der Waals surface area contributed by atoms with Crippen LogP contribution in [0.1, 0.15) is 17.5 Å². The van der Waals surface area contributed by atoms with Gasteiger partial charge in [-0.05, 0) is 53.9 Å². The maximum absolute atomic E-state index is 12.7. The van der Waals surface area contributed by atoms with E-state index in [1.165, 1.54) is 12.1 Å². The van der Waals surface area contributed by atoms with Crippen LogP contribution in [0.2, 0.25) is 5.02 Å². The molecular formula is C22H26ClF3N4O8S. The number of rotatable bonds is 12. The standard InChI is InChI=1S/C20H25ClN4O6S.C2HF3O2/c1-13-16(21)4-2-5-18(13)32(28,29)25-17(19(26)27)12-14-6-8-15(9-7-14)30-10-3-11-31-24-20(22)23;3-2(4,5)1(6)7/h2,4-9,17,25H,3,10-12H2,1H3,(H,26,27)(H4,22,23,24);(H,6,7)/t17-;/m0./s1. The molecule has 2 aromatic rings. The lowest BCUT2D eigenvalue weighted by molar-refractivity contribution is -0.192. The highest BCUT2D eigenvalue weighted by atomic mass is 35.5. The molecule has 2 aromatic carbocycles. The number of hydrogen-bond donors (Lipinski definition) is 5. The van der Waals surface area contributed by atoms with E-state index in [1.54, 1.807) is 37.3 Å². The summed E-state index contributed by atoms with van der Waals surface area (Å²) in [5, 5.41) is 20.3. The predicted molar refractivity (Wildman–Crippen MR) is 134 cm³/mol. The summed E-state index contributed by atoms with van der Waals surface area (Å²) in [5.74, 6) is -3.65. The summed E-state index contributed by atoms with van der Waals surface area (Å²) in [6.45, 7) is 2.19. The highest BCUT2D eigenvalue weighted by Crippen LogP contribution is 2.23. The van der Waals surface area contributed by atoms with Gasteiger partial charge in [-0.25, -0.2) is 13.2 Å². The number of hydrogen-bond acceptors (Lipinski definition) is 7. The van der Waals surface area contributed by atoms with Gasteiger partial charge in [-0.1, -0.05) is 29.8 Å². The van der Waals surface area contributed by atoms with Gasteiger partial charge in [0.05, 0.1) is 11.5 Å². The van der Waals surface area contributed by atoms with E-state index in [1.807, 2.05) is 0 Å². The summed E-state index contributed by atoms with van der Waals surface area (Å²) >= 11 is 5.99. The predicted octanol–water partition coefficient (Wildman–Crippen LogP) is 2.23. The fraction of sp³-hybridized carbons (Fsp3) is 0.318. The number of nitrogens with zero attached hydrogens (tertiary/aromatic N) is 1. The van der Waals surface area contributed by atoms with Gasteiger partial charge in [-0.3, -0.25) is 4.79 Å². The van der Waals surface area contributed by atoms with Crippen LogP contribution in [0.25, 0.3) is 0 Å². The van der Waals surface area contributed by atoms with E-state index in [9.17, 15) is 31.5 Å². The van der Waals surface area contributed by atoms with Gasteiger partial charge in [0.2, 0.25) is 16.0 Å². The average molecular weight is 599 g/mol. The van der Waals surface area contributed by atoms with E-state index in [-0.39, 0.29) is 28.9 Å². The number of guanidine groups is 1. The first kappa shape index (κ1) is 33.3. The van der Waals surface area contributed by atoms with Crippen molar-refractivity contribution in [3.63, 3.8) is 0 Å². The van der Waals surface area contributed by atoms with Gasteiger partial charge in [0.25, 0.3) is 0 Å². The Morgan fingerprint density at radius 1 is 1.10 bits per heavy atom. The number of oxime groups is 1. The maximum Gasteiger partial charge on any atom is 0.490 e. The lowest BCUT2D eigenvalue weighted by Gasteiger charge is -2.16. The first-order chi connectivity index (χ1) is 18.0. The molecule has 0 spiro atoms. The SMILES string of the molecule is Cc1c(Cl)cccc1S(=O)(=O)N[C@@H](Cc1ccc(OCCCON=C(N)N)cc1)C(=O)O.O=C(O)C(F)(F)F. The molecule has 0 aliphatic rings. The smallest absolute Gasteiger partial charge is 0.490 e. The van der Waals surface area contributed by atoms with Crippen molar-refractivity contribution < 1.29 is 51.0 Å². The van der Waals surface area contributed by atoms with Gasteiger partial charge in [-0.2, -0.15) is 17.9 Å². The van der Waals surface area contributed by atoms with Crippen molar-refractivity contribution in [3.8, 4) is 5.75 Å². The lowest BCUT2D eigenvalue weighted by atomic mass is 10.1. The number of carboxylic acid groups (broad SMARTS) is 2. The zero-order valence-electron chi connectivity index (χ0n) is 20.3. The zero-order valence-corrected chi connectivity index (χ0v) is 21.9. The van der Waals surface area contributed by atoms with Crippen LogP contribution in [-0.4, -0.2) is 62.0 Å². The Balaban J connectivity index is 0.000000956. The molecular weight excluding hydrogens is 573 g/mol. The molecule has 0 aliphatic heterocycles. The molecule has 7 N–H and O–H groups in total. The van der Waals surface area contributed by atoms with Crippen molar-refractivity contribution in [1.82, 2.24) is 4.72 Å². The van der Waals surface area contributed by atoms with Crippen molar-refractivity contribution >= 4 is 39.5 Å². The Hall–Kier alpha value is -3.76. The largest absolute Gasteiger partial charge is 0.493 e. The van der Waals surface area contributed by atoms with Crippen LogP contribution >= 0.6 is 11.6 Å². The van der Waals surface area contributed by atoms with Crippen LogP contribution in [0.15, 0.2) is 52.5 Å². The second kappa shape index (κ2) is 15.0. The number of benzene rings is 2. The fourth-order valence-electron chi connectivity index (χ4n) is 2.70. The summed E-state index contributed by atoms with van der Waals surface area (Å²) in [6, 6.07) is 9.73. The quantitative estimate of drug-likeness (QED) is 0.104. The zero-order chi connectivity index (χ0) is 29.8. The first-order valence-corrected chi connectivity index (χ1v) is 12.6. The molecule has 2 rings (SSSR count). The fourth-order valence-corrected chi connectivity index (χ4v) is 4.39. The minimum Gasteiger partial charge on any atom is -0.493 e. The summed E-state index contributed by atoms with van der Waals surface area (Å²) in [6.07, 6.45) is -4.59. The molecule has 0 unspecified atom stereocenters. The average Bonchev–Trinajstić information content (AvgIpc) is 2.83. The van der Waals surface area contributed by atoms with E-state index in [0.717, 1.165) is 0 Å². The molecule has 1 atom stereocenters. The van der Waals surface area contributed by atoms with E-state index >= 15 is 0 Å². The van der Waals surface area contributed by atoms with E-state index < -0.39 is 34.2 Å². The molecule has 0 fully saturated rings. The second-order valence-corrected chi connectivity index (χ2v) is 9.67. The Morgan fingerprint density at radius 2 is 1.69 bits per heavy atom. The first-order valence-electron chi connectivity index (χ1n) is 10.8. The third kappa shape index (κ3) is 12.1. The molecule has 0 aromatic heterocycles. The third-order valence-electron chi connectivity index (χ3n) is 4.53. The highest BCUT2D eigenvalue weighted by Gasteiger charge is 2.38. The number of sulfonamides is 1. The van der Waals surface area contributed by atoms with Gasteiger partial charge in [0.1, 0.15) is 18.4 Å². The van der Waals surface area contributed by atoms with Crippen molar-refractivity contribution in [3.05, 3.63) is 58.6 Å². The van der Waals surface area contributed by atoms with Crippen molar-refractivity contribution in [2.45, 2.75) is 36.9 Å². The maximum atomic E-state index is 12.7. The van der Waals surface area contributed by atoms with Crippen LogP contribution in [0.5, 0.6) is 5.75 Å². The number of nitrogens with one attached hydrogen (secondary N) is 1. The van der Waals surface area contributed by atoms with Gasteiger partial charge < -0.3 is 31.3 Å². The summed E-state index contributed by atoms with van der Waals surface area (Å²) in [5.41, 5.74) is 11.2. The molecule has 17 heteroatoms. The molecule has 39 heavy (non-hydrogen) atoms. The number of carboxylic acids is 2. The molecule has 0 bridgehead atoms. The molecule has 12 nitrogen and oxygen atoms in total. The van der Waals surface area contributed by atoms with E-state index in [2.05, 4.69) is 9.88 Å². The number of halogens is 4. The Morgan fingerprint density at radius 3 is 2.21 bits per heavy atom. The van der Waals surface area contributed by atoms with Gasteiger partial charge >= 0.3 is 18.1 Å². The third-order valence-corrected chi connectivity index (χ3v) is 6.55. The molecule has 0 aliphatic carbocycles. The lowest BCUT2D eigenvalue weighted by Crippen LogP contribution is -2.42. The van der Waals surface area contributed by atoms with Crippen LogP contribution in [0, 0.1) is 6.92 Å². The molecule has 0 saturated heterocycles. The Labute approximate surface area is 226 Å². The van der Waals surface area contributed by atoms with Crippen LogP contribution in [0.3, 0.4) is 0 Å². The monoisotopic (exact) mass is 598 g/mol. The highest BCUT2D eigenvalue weighted by molar-refractivity contribution is 7.89. The molecule has 0 heterocycles. The summed E-state index contributed by atoms with van der Waals surface area (Å²) < 4.78 is 65.0.